The third-order valence-electron chi connectivity index (χ3n) is 5.84. The molecule has 2 aromatic rings. The molecule has 3 nitrogen and oxygen atoms in total. The van der Waals surface area contributed by atoms with E-state index in [1.807, 2.05) is 24.3 Å². The van der Waals surface area contributed by atoms with E-state index in [1.54, 1.807) is 6.61 Å². The van der Waals surface area contributed by atoms with Gasteiger partial charge in [0.1, 0.15) is 5.60 Å². The summed E-state index contributed by atoms with van der Waals surface area (Å²) in [4.78, 5) is 0. The van der Waals surface area contributed by atoms with Crippen molar-refractivity contribution in [2.75, 3.05) is 6.61 Å². The van der Waals surface area contributed by atoms with Crippen LogP contribution in [0.5, 0.6) is 0 Å². The number of ether oxygens (including phenoxy) is 1. The van der Waals surface area contributed by atoms with E-state index in [1.165, 1.54) is 10.4 Å². The Labute approximate surface area is 192 Å². The van der Waals surface area contributed by atoms with Crippen LogP contribution in [0, 0.1) is 43.6 Å². The summed E-state index contributed by atoms with van der Waals surface area (Å²) in [5.74, 6) is -0.0345. The van der Waals surface area contributed by atoms with Crippen LogP contribution in [0.25, 0.3) is 0 Å². The molecule has 5 heteroatoms. The van der Waals surface area contributed by atoms with Crippen LogP contribution in [0.4, 0.5) is 0 Å². The Morgan fingerprint density at radius 3 is 1.93 bits per heavy atom. The molecule has 4 rings (SSSR count). The minimum Gasteiger partial charge on any atom is -0.540 e. The van der Waals surface area contributed by atoms with Gasteiger partial charge in [-0.15, -0.1) is 6.08 Å². The van der Waals surface area contributed by atoms with Gasteiger partial charge in [0.2, 0.25) is 0 Å². The third kappa shape index (κ3) is 3.51. The number of hydrogen-bond donors (Lipinski definition) is 1. The van der Waals surface area contributed by atoms with E-state index in [9.17, 15) is 5.11 Å². The molecule has 1 heterocycles. The van der Waals surface area contributed by atoms with Crippen LogP contribution in [0.15, 0.2) is 72.8 Å². The maximum absolute atomic E-state index is 10.6. The predicted octanol–water partition coefficient (Wildman–Crippen LogP) is 3.04. The number of benzene rings is 2. The first kappa shape index (κ1) is 22.0. The fourth-order valence-electron chi connectivity index (χ4n) is 4.39. The zero-order valence-electron chi connectivity index (χ0n) is 16.6. The topological polar surface area (TPSA) is 38.7 Å². The van der Waals surface area contributed by atoms with Gasteiger partial charge in [-0.2, -0.15) is 0 Å². The average Bonchev–Trinajstić information content (AvgIpc) is 3.15. The molecule has 1 saturated heterocycles. The van der Waals surface area contributed by atoms with Gasteiger partial charge in [-0.1, -0.05) is 93.4 Å². The van der Waals surface area contributed by atoms with E-state index in [2.05, 4.69) is 69.3 Å². The van der Waals surface area contributed by atoms with Gasteiger partial charge >= 0.3 is 0 Å². The van der Waals surface area contributed by atoms with Crippen molar-refractivity contribution in [2.45, 2.75) is 37.5 Å². The summed E-state index contributed by atoms with van der Waals surface area (Å²) in [6, 6.07) is 21.1. The molecule has 1 fully saturated rings. The molecular weight excluding hydrogens is 590 g/mol. The van der Waals surface area contributed by atoms with Gasteiger partial charge in [0.05, 0.1) is 12.7 Å². The molecule has 0 saturated carbocycles. The largest absolute Gasteiger partial charge is 0.540 e. The van der Waals surface area contributed by atoms with Gasteiger partial charge in [-0.05, 0) is 15.4 Å². The van der Waals surface area contributed by atoms with Crippen LogP contribution in [0.1, 0.15) is 20.8 Å². The number of aliphatic hydroxyl groups is 1. The van der Waals surface area contributed by atoms with Gasteiger partial charge < -0.3 is 14.3 Å². The Kier molecular flexibility index (Phi) is 6.47. The fraction of sp³-hybridized carbons (Fsp3) is 0.348. The van der Waals surface area contributed by atoms with Gasteiger partial charge in [-0.25, -0.2) is 6.61 Å². The molecule has 2 bridgehead atoms. The van der Waals surface area contributed by atoms with Crippen molar-refractivity contribution >= 4 is 18.7 Å². The number of fused-ring (bicyclic) bond motifs is 2. The van der Waals surface area contributed by atoms with Gasteiger partial charge in [-0.3, -0.25) is 0 Å². The van der Waals surface area contributed by atoms with Gasteiger partial charge in [0.25, 0.3) is 8.32 Å². The van der Waals surface area contributed by atoms with Crippen molar-refractivity contribution < 1.29 is 45.4 Å². The van der Waals surface area contributed by atoms with Crippen LogP contribution in [0.3, 0.4) is 0 Å². The number of aliphatic hydroxyl groups excluding tert-OH is 1. The quantitative estimate of drug-likeness (QED) is 0.319. The molecule has 28 heavy (non-hydrogen) atoms. The molecule has 2 aliphatic rings. The van der Waals surface area contributed by atoms with E-state index in [-0.39, 0.29) is 42.1 Å². The van der Waals surface area contributed by atoms with E-state index in [0.717, 1.165) is 0 Å². The van der Waals surface area contributed by atoms with Crippen LogP contribution in [-0.2, 0) is 9.16 Å². The van der Waals surface area contributed by atoms with Crippen LogP contribution in [0.2, 0.25) is 5.04 Å². The molecule has 3 unspecified atom stereocenters. The second-order valence-corrected chi connectivity index (χ2v) is 12.8. The maximum atomic E-state index is 10.6. The molecule has 2 aromatic carbocycles. The van der Waals surface area contributed by atoms with E-state index in [4.69, 9.17) is 9.16 Å². The molecule has 146 valence electrons. The Bertz CT molecular complexity index is 779. The van der Waals surface area contributed by atoms with Crippen molar-refractivity contribution in [3.8, 4) is 0 Å². The second kappa shape index (κ2) is 8.22. The summed E-state index contributed by atoms with van der Waals surface area (Å²) in [5.41, 5.74) is -0.766. The fourth-order valence-corrected chi connectivity index (χ4v) is 8.99. The van der Waals surface area contributed by atoms with E-state index >= 15 is 0 Å². The summed E-state index contributed by atoms with van der Waals surface area (Å²) in [5, 5.41) is 13.0. The van der Waals surface area contributed by atoms with Crippen molar-refractivity contribution in [1.29, 1.82) is 0 Å². The van der Waals surface area contributed by atoms with Crippen LogP contribution in [-0.4, -0.2) is 31.7 Å². The Hall–Kier alpha value is -0.671. The van der Waals surface area contributed by atoms with Crippen molar-refractivity contribution in [2.24, 2.45) is 5.92 Å². The minimum atomic E-state index is -2.63. The first-order valence-corrected chi connectivity index (χ1v) is 11.4. The molecule has 0 amide bonds. The molecular formula is C23H27O3SiU-. The monoisotopic (exact) mass is 617 g/mol. The van der Waals surface area contributed by atoms with Crippen LogP contribution >= 0.6 is 0 Å². The summed E-state index contributed by atoms with van der Waals surface area (Å²) in [6.07, 6.45) is 3.42. The normalized spacial score (nSPS) is 26.3. The van der Waals surface area contributed by atoms with Crippen molar-refractivity contribution in [3.63, 3.8) is 0 Å². The number of hydrogen-bond acceptors (Lipinski definition) is 3. The molecule has 0 aromatic heterocycles. The predicted molar refractivity (Wildman–Crippen MR) is 110 cm³/mol. The van der Waals surface area contributed by atoms with Gasteiger partial charge in [0.15, 0.2) is 0 Å². The second-order valence-electron chi connectivity index (χ2n) is 8.54. The molecule has 1 aliphatic carbocycles. The summed E-state index contributed by atoms with van der Waals surface area (Å²) in [6.45, 7) is 8.83. The standard InChI is InChI=1S/C23H27O3Si.U/c1-22(2,3)27(19-10-6-4-7-11-19,20-12-8-5-9-13-20)26-17-23-15-14-18(16-25-23)21(23)24;/h4-16,18,21,24H,17H2,1-3H3;/q-1;. The van der Waals surface area contributed by atoms with Gasteiger partial charge in [0, 0.05) is 31.1 Å². The molecule has 1 N–H and O–H groups in total. The Morgan fingerprint density at radius 1 is 1.04 bits per heavy atom. The van der Waals surface area contributed by atoms with Crippen LogP contribution < -0.4 is 10.4 Å². The molecule has 1 aliphatic heterocycles. The Balaban J connectivity index is 0.00000225. The first-order chi connectivity index (χ1) is 12.9. The van der Waals surface area contributed by atoms with E-state index in [0.29, 0.717) is 6.61 Å². The SMILES string of the molecule is CC(C)(C)[Si](OCC12C=CC([CH-]O1)C2O)(c1ccccc1)c1ccccc1.[U]. The summed E-state index contributed by atoms with van der Waals surface area (Å²) < 4.78 is 12.8. The van der Waals surface area contributed by atoms with Crippen molar-refractivity contribution in [3.05, 3.63) is 79.4 Å². The molecule has 0 spiro atoms. The minimum absolute atomic E-state index is 0. The van der Waals surface area contributed by atoms with Crippen molar-refractivity contribution in [1.82, 2.24) is 0 Å². The molecule has 3 atom stereocenters. The summed E-state index contributed by atoms with van der Waals surface area (Å²) >= 11 is 0. The third-order valence-corrected chi connectivity index (χ3v) is 10.8. The average molecular weight is 618 g/mol. The Morgan fingerprint density at radius 2 is 1.57 bits per heavy atom. The zero-order chi connectivity index (χ0) is 19.1. The number of rotatable bonds is 5. The first-order valence-electron chi connectivity index (χ1n) is 9.53. The zero-order valence-corrected chi connectivity index (χ0v) is 21.8. The molecule has 0 radical (unpaired) electrons. The summed E-state index contributed by atoms with van der Waals surface area (Å²) in [7, 11) is -2.63. The smallest absolute Gasteiger partial charge is 0.261 e. The van der Waals surface area contributed by atoms with E-state index < -0.39 is 20.0 Å². The maximum Gasteiger partial charge on any atom is 0.261 e.